The lowest BCUT2D eigenvalue weighted by atomic mass is 10.1. The number of hydrogen-bond donors (Lipinski definition) is 1. The molecule has 3 heteroatoms. The molecule has 0 aliphatic carbocycles. The van der Waals surface area contributed by atoms with E-state index in [0.717, 1.165) is 18.4 Å². The van der Waals surface area contributed by atoms with E-state index in [4.69, 9.17) is 4.42 Å². The van der Waals surface area contributed by atoms with Crippen LogP contribution < -0.4 is 5.76 Å². The Labute approximate surface area is 75.4 Å². The average molecular weight is 177 g/mol. The molecule has 1 aromatic heterocycles. The summed E-state index contributed by atoms with van der Waals surface area (Å²) < 4.78 is 4.94. The number of aromatic amines is 1. The Morgan fingerprint density at radius 3 is 3.08 bits per heavy atom. The molecule has 2 aromatic rings. The van der Waals surface area contributed by atoms with Gasteiger partial charge in [0.1, 0.15) is 0 Å². The van der Waals surface area contributed by atoms with Crippen molar-refractivity contribution in [2.45, 2.75) is 19.8 Å². The first-order chi connectivity index (χ1) is 6.29. The molecule has 0 fully saturated rings. The molecule has 1 aromatic carbocycles. The average Bonchev–Trinajstić information content (AvgIpc) is 2.44. The molecule has 13 heavy (non-hydrogen) atoms. The number of nitrogens with one attached hydrogen (secondary N) is 1. The second-order valence-corrected chi connectivity index (χ2v) is 3.10. The fourth-order valence-electron chi connectivity index (χ4n) is 1.43. The third kappa shape index (κ3) is 1.49. The molecule has 2 rings (SSSR count). The number of aryl methyl sites for hydroxylation is 1. The van der Waals surface area contributed by atoms with Crippen molar-refractivity contribution in [1.29, 1.82) is 0 Å². The molecule has 1 heterocycles. The van der Waals surface area contributed by atoms with E-state index in [-0.39, 0.29) is 5.76 Å². The third-order valence-corrected chi connectivity index (χ3v) is 2.02. The maximum atomic E-state index is 10.8. The predicted octanol–water partition coefficient (Wildman–Crippen LogP) is 2.07. The van der Waals surface area contributed by atoms with E-state index in [1.54, 1.807) is 0 Å². The summed E-state index contributed by atoms with van der Waals surface area (Å²) in [6.07, 6.45) is 2.12. The molecule has 0 spiro atoms. The van der Waals surface area contributed by atoms with Crippen LogP contribution >= 0.6 is 0 Å². The fourth-order valence-corrected chi connectivity index (χ4v) is 1.43. The molecule has 1 N–H and O–H groups in total. The molecule has 0 saturated heterocycles. The van der Waals surface area contributed by atoms with Crippen LogP contribution in [-0.4, -0.2) is 4.98 Å². The van der Waals surface area contributed by atoms with Crippen LogP contribution in [-0.2, 0) is 6.42 Å². The van der Waals surface area contributed by atoms with Gasteiger partial charge in [-0.05, 0) is 24.1 Å². The molecule has 0 radical (unpaired) electrons. The fraction of sp³-hybridized carbons (Fsp3) is 0.300. The highest BCUT2D eigenvalue weighted by Gasteiger charge is 2.00. The SMILES string of the molecule is CCCc1ccc2[nH]c(=O)oc2c1. The van der Waals surface area contributed by atoms with Crippen molar-refractivity contribution in [2.24, 2.45) is 0 Å². The lowest BCUT2D eigenvalue weighted by molar-refractivity contribution is 0.555. The zero-order valence-electron chi connectivity index (χ0n) is 7.46. The molecule has 68 valence electrons. The van der Waals surface area contributed by atoms with Crippen LogP contribution in [0.25, 0.3) is 11.1 Å². The zero-order valence-corrected chi connectivity index (χ0v) is 7.46. The van der Waals surface area contributed by atoms with Crippen molar-refractivity contribution < 1.29 is 4.42 Å². The van der Waals surface area contributed by atoms with Gasteiger partial charge in [-0.1, -0.05) is 19.4 Å². The van der Waals surface area contributed by atoms with Crippen LogP contribution in [0.4, 0.5) is 0 Å². The highest BCUT2D eigenvalue weighted by molar-refractivity contribution is 5.72. The minimum Gasteiger partial charge on any atom is -0.408 e. The zero-order chi connectivity index (χ0) is 9.26. The second-order valence-electron chi connectivity index (χ2n) is 3.10. The minimum atomic E-state index is -0.386. The summed E-state index contributed by atoms with van der Waals surface area (Å²) in [5.41, 5.74) is 2.62. The van der Waals surface area contributed by atoms with Crippen LogP contribution in [0.2, 0.25) is 0 Å². The monoisotopic (exact) mass is 177 g/mol. The Hall–Kier alpha value is -1.51. The van der Waals surface area contributed by atoms with Crippen LogP contribution in [0.1, 0.15) is 18.9 Å². The summed E-state index contributed by atoms with van der Waals surface area (Å²) in [5.74, 6) is -0.386. The molecule has 0 saturated carbocycles. The number of hydrogen-bond acceptors (Lipinski definition) is 2. The number of aromatic nitrogens is 1. The van der Waals surface area contributed by atoms with Crippen LogP contribution in [0.15, 0.2) is 27.4 Å². The van der Waals surface area contributed by atoms with Gasteiger partial charge >= 0.3 is 5.76 Å². The first kappa shape index (κ1) is 8.10. The summed E-state index contributed by atoms with van der Waals surface area (Å²) in [4.78, 5) is 13.4. The number of benzene rings is 1. The van der Waals surface area contributed by atoms with Gasteiger partial charge in [0, 0.05) is 0 Å². The van der Waals surface area contributed by atoms with Crippen molar-refractivity contribution in [1.82, 2.24) is 4.98 Å². The van der Waals surface area contributed by atoms with Crippen molar-refractivity contribution in [3.05, 3.63) is 34.3 Å². The molecule has 3 nitrogen and oxygen atoms in total. The van der Waals surface area contributed by atoms with Crippen LogP contribution in [0, 0.1) is 0 Å². The van der Waals surface area contributed by atoms with Gasteiger partial charge in [-0.15, -0.1) is 0 Å². The van der Waals surface area contributed by atoms with E-state index >= 15 is 0 Å². The first-order valence-corrected chi connectivity index (χ1v) is 4.41. The van der Waals surface area contributed by atoms with Gasteiger partial charge in [-0.25, -0.2) is 4.79 Å². The molecule has 0 bridgehead atoms. The lowest BCUT2D eigenvalue weighted by Crippen LogP contribution is -1.92. The summed E-state index contributed by atoms with van der Waals surface area (Å²) in [6.45, 7) is 2.12. The highest BCUT2D eigenvalue weighted by atomic mass is 16.4. The largest absolute Gasteiger partial charge is 0.417 e. The molecule has 0 atom stereocenters. The Bertz CT molecular complexity index is 467. The van der Waals surface area contributed by atoms with Crippen LogP contribution in [0.5, 0.6) is 0 Å². The van der Waals surface area contributed by atoms with Gasteiger partial charge in [0.2, 0.25) is 0 Å². The Balaban J connectivity index is 2.54. The number of rotatable bonds is 2. The Morgan fingerprint density at radius 1 is 1.46 bits per heavy atom. The van der Waals surface area contributed by atoms with E-state index in [2.05, 4.69) is 11.9 Å². The number of H-pyrrole nitrogens is 1. The van der Waals surface area contributed by atoms with Gasteiger partial charge in [0.05, 0.1) is 5.52 Å². The second kappa shape index (κ2) is 3.09. The molecule has 0 unspecified atom stereocenters. The number of fused-ring (bicyclic) bond motifs is 1. The maximum Gasteiger partial charge on any atom is 0.417 e. The topological polar surface area (TPSA) is 46.0 Å². The van der Waals surface area contributed by atoms with E-state index in [0.29, 0.717) is 5.58 Å². The maximum absolute atomic E-state index is 10.8. The van der Waals surface area contributed by atoms with Crippen molar-refractivity contribution in [3.63, 3.8) is 0 Å². The normalized spacial score (nSPS) is 10.8. The lowest BCUT2D eigenvalue weighted by Gasteiger charge is -1.95. The van der Waals surface area contributed by atoms with Gasteiger partial charge in [-0.2, -0.15) is 0 Å². The summed E-state index contributed by atoms with van der Waals surface area (Å²) in [6, 6.07) is 5.80. The summed E-state index contributed by atoms with van der Waals surface area (Å²) >= 11 is 0. The van der Waals surface area contributed by atoms with Crippen LogP contribution in [0.3, 0.4) is 0 Å². The van der Waals surface area contributed by atoms with Gasteiger partial charge in [0.25, 0.3) is 0 Å². The van der Waals surface area contributed by atoms with E-state index in [1.807, 2.05) is 18.2 Å². The molecule has 0 amide bonds. The van der Waals surface area contributed by atoms with Gasteiger partial charge in [-0.3, -0.25) is 4.98 Å². The van der Waals surface area contributed by atoms with E-state index in [9.17, 15) is 4.79 Å². The van der Waals surface area contributed by atoms with E-state index < -0.39 is 0 Å². The summed E-state index contributed by atoms with van der Waals surface area (Å²) in [7, 11) is 0. The minimum absolute atomic E-state index is 0.386. The van der Waals surface area contributed by atoms with Crippen molar-refractivity contribution >= 4 is 11.1 Å². The molecule has 0 aliphatic rings. The van der Waals surface area contributed by atoms with Crippen molar-refractivity contribution in [2.75, 3.05) is 0 Å². The first-order valence-electron chi connectivity index (χ1n) is 4.41. The Morgan fingerprint density at radius 2 is 2.31 bits per heavy atom. The third-order valence-electron chi connectivity index (χ3n) is 2.02. The standard InChI is InChI=1S/C10H11NO2/c1-2-3-7-4-5-8-9(6-7)13-10(12)11-8/h4-6H,2-3H2,1H3,(H,11,12). The Kier molecular flexibility index (Phi) is 1.93. The molecular formula is C10H11NO2. The predicted molar refractivity (Wildman–Crippen MR) is 50.8 cm³/mol. The highest BCUT2D eigenvalue weighted by Crippen LogP contribution is 2.13. The summed E-state index contributed by atoms with van der Waals surface area (Å²) in [5, 5.41) is 0. The van der Waals surface area contributed by atoms with Gasteiger partial charge < -0.3 is 4.42 Å². The molecule has 0 aliphatic heterocycles. The smallest absolute Gasteiger partial charge is 0.408 e. The quantitative estimate of drug-likeness (QED) is 0.763. The number of oxazole rings is 1. The van der Waals surface area contributed by atoms with Gasteiger partial charge in [0.15, 0.2) is 5.58 Å². The van der Waals surface area contributed by atoms with E-state index in [1.165, 1.54) is 5.56 Å². The molecular weight excluding hydrogens is 166 g/mol. The van der Waals surface area contributed by atoms with Crippen molar-refractivity contribution in [3.8, 4) is 0 Å².